The molecule has 1 aliphatic heterocycles. The van der Waals surface area contributed by atoms with Gasteiger partial charge in [-0.25, -0.2) is 4.79 Å². The summed E-state index contributed by atoms with van der Waals surface area (Å²) >= 11 is 0. The van der Waals surface area contributed by atoms with Gasteiger partial charge in [0.15, 0.2) is 0 Å². The summed E-state index contributed by atoms with van der Waals surface area (Å²) in [7, 11) is 3.28. The molecule has 2 rings (SSSR count). The molecule has 1 fully saturated rings. The van der Waals surface area contributed by atoms with Gasteiger partial charge in [-0.05, 0) is 51.3 Å². The van der Waals surface area contributed by atoms with Crippen LogP contribution < -0.4 is 15.2 Å². The van der Waals surface area contributed by atoms with Crippen LogP contribution in [0, 0.1) is 0 Å². The third-order valence-corrected chi connectivity index (χ3v) is 4.73. The van der Waals surface area contributed by atoms with E-state index in [1.165, 1.54) is 0 Å². The number of likely N-dealkylation sites (tertiary alicyclic amines) is 1. The van der Waals surface area contributed by atoms with Crippen molar-refractivity contribution in [2.45, 2.75) is 44.6 Å². The molecule has 0 saturated carbocycles. The summed E-state index contributed by atoms with van der Waals surface area (Å²) in [6, 6.07) is 5.88. The number of carbonyl (C=O) groups excluding carboxylic acids is 1. The summed E-state index contributed by atoms with van der Waals surface area (Å²) in [5.41, 5.74) is 6.57. The van der Waals surface area contributed by atoms with E-state index in [2.05, 4.69) is 0 Å². The molecule has 0 unspecified atom stereocenters. The molecule has 1 aromatic rings. The Kier molecular flexibility index (Phi) is 5.83. The minimum atomic E-state index is -0.486. The van der Waals surface area contributed by atoms with Crippen molar-refractivity contribution in [3.05, 3.63) is 23.8 Å². The largest absolute Gasteiger partial charge is 0.497 e. The van der Waals surface area contributed by atoms with Crippen LogP contribution in [0.1, 0.15) is 39.2 Å². The van der Waals surface area contributed by atoms with Crippen LogP contribution in [0.5, 0.6) is 11.5 Å². The van der Waals surface area contributed by atoms with Crippen molar-refractivity contribution in [2.75, 3.05) is 33.9 Å². The summed E-state index contributed by atoms with van der Waals surface area (Å²) in [4.78, 5) is 14.0. The lowest BCUT2D eigenvalue weighted by Gasteiger charge is -2.42. The number of carbonyl (C=O) groups is 1. The molecule has 0 bridgehead atoms. The molecule has 1 heterocycles. The molecule has 25 heavy (non-hydrogen) atoms. The van der Waals surface area contributed by atoms with E-state index < -0.39 is 5.60 Å². The summed E-state index contributed by atoms with van der Waals surface area (Å²) < 4.78 is 16.2. The van der Waals surface area contributed by atoms with E-state index in [-0.39, 0.29) is 11.5 Å². The molecule has 6 nitrogen and oxygen atoms in total. The highest BCUT2D eigenvalue weighted by atomic mass is 16.6. The Hall–Kier alpha value is -1.95. The number of ether oxygens (including phenoxy) is 3. The van der Waals surface area contributed by atoms with Gasteiger partial charge in [-0.15, -0.1) is 0 Å². The highest BCUT2D eigenvalue weighted by molar-refractivity contribution is 5.68. The Morgan fingerprint density at radius 3 is 2.04 bits per heavy atom. The van der Waals surface area contributed by atoms with E-state index in [0.29, 0.717) is 19.6 Å². The topological polar surface area (TPSA) is 74.0 Å². The number of piperidine rings is 1. The fraction of sp³-hybridized carbons (Fsp3) is 0.632. The third-order valence-electron chi connectivity index (χ3n) is 4.73. The fourth-order valence-electron chi connectivity index (χ4n) is 3.17. The van der Waals surface area contributed by atoms with E-state index in [1.54, 1.807) is 19.1 Å². The molecule has 1 aromatic carbocycles. The molecule has 6 heteroatoms. The zero-order valence-electron chi connectivity index (χ0n) is 15.9. The maximum atomic E-state index is 12.3. The van der Waals surface area contributed by atoms with E-state index in [9.17, 15) is 4.79 Å². The van der Waals surface area contributed by atoms with Crippen LogP contribution in [-0.4, -0.2) is 50.4 Å². The van der Waals surface area contributed by atoms with Gasteiger partial charge < -0.3 is 24.8 Å². The predicted molar refractivity (Wildman–Crippen MR) is 97.3 cm³/mol. The van der Waals surface area contributed by atoms with Crippen LogP contribution in [0.25, 0.3) is 0 Å². The first kappa shape index (κ1) is 19.4. The van der Waals surface area contributed by atoms with Crippen LogP contribution in [-0.2, 0) is 10.2 Å². The van der Waals surface area contributed by atoms with Crippen molar-refractivity contribution in [3.8, 4) is 11.5 Å². The Morgan fingerprint density at radius 2 is 1.64 bits per heavy atom. The van der Waals surface area contributed by atoms with Crippen LogP contribution >= 0.6 is 0 Å². The van der Waals surface area contributed by atoms with E-state index in [4.69, 9.17) is 19.9 Å². The zero-order valence-corrected chi connectivity index (χ0v) is 15.9. The predicted octanol–water partition coefficient (Wildman–Crippen LogP) is 2.93. The van der Waals surface area contributed by atoms with Crippen molar-refractivity contribution in [1.82, 2.24) is 4.90 Å². The van der Waals surface area contributed by atoms with E-state index in [1.807, 2.05) is 39.0 Å². The lowest BCUT2D eigenvalue weighted by atomic mass is 9.72. The molecule has 1 saturated heterocycles. The number of benzene rings is 1. The van der Waals surface area contributed by atoms with Crippen molar-refractivity contribution < 1.29 is 19.0 Å². The summed E-state index contributed by atoms with van der Waals surface area (Å²) in [6.07, 6.45) is 1.29. The maximum Gasteiger partial charge on any atom is 0.410 e. The van der Waals surface area contributed by atoms with Gasteiger partial charge in [0, 0.05) is 31.1 Å². The number of amides is 1. The van der Waals surface area contributed by atoms with Gasteiger partial charge in [-0.3, -0.25) is 0 Å². The van der Waals surface area contributed by atoms with Gasteiger partial charge in [-0.1, -0.05) is 0 Å². The number of nitrogens with two attached hydrogens (primary N) is 1. The van der Waals surface area contributed by atoms with Crippen LogP contribution in [0.2, 0.25) is 0 Å². The van der Waals surface area contributed by atoms with Crippen molar-refractivity contribution in [1.29, 1.82) is 0 Å². The first-order valence-corrected chi connectivity index (χ1v) is 8.64. The average Bonchev–Trinajstić information content (AvgIpc) is 2.59. The molecule has 1 aliphatic rings. The second-order valence-electron chi connectivity index (χ2n) is 7.55. The Labute approximate surface area is 150 Å². The highest BCUT2D eigenvalue weighted by Gasteiger charge is 2.38. The monoisotopic (exact) mass is 350 g/mol. The number of nitrogens with zero attached hydrogens (tertiary/aromatic N) is 1. The Morgan fingerprint density at radius 1 is 1.12 bits per heavy atom. The molecule has 0 aliphatic carbocycles. The summed E-state index contributed by atoms with van der Waals surface area (Å²) in [5, 5.41) is 0. The molecule has 0 radical (unpaired) electrons. The zero-order chi connectivity index (χ0) is 18.7. The average molecular weight is 350 g/mol. The number of hydrogen-bond donors (Lipinski definition) is 1. The van der Waals surface area contributed by atoms with Crippen molar-refractivity contribution in [2.24, 2.45) is 5.73 Å². The highest BCUT2D eigenvalue weighted by Crippen LogP contribution is 2.38. The first-order valence-electron chi connectivity index (χ1n) is 8.64. The normalized spacial score (nSPS) is 17.1. The fourth-order valence-corrected chi connectivity index (χ4v) is 3.17. The summed E-state index contributed by atoms with van der Waals surface area (Å²) in [5.74, 6) is 1.49. The first-order chi connectivity index (χ1) is 11.7. The molecular formula is C19H30N2O4. The standard InChI is InChI=1S/C19H30N2O4/c1-18(2,3)25-17(22)21-8-6-19(13-20,7-9-21)14-10-15(23-4)12-16(11-14)24-5/h10-12H,6-9,13,20H2,1-5H3. The Bertz CT molecular complexity index is 580. The maximum absolute atomic E-state index is 12.3. The van der Waals surface area contributed by atoms with Gasteiger partial charge in [-0.2, -0.15) is 0 Å². The molecule has 2 N–H and O–H groups in total. The molecular weight excluding hydrogens is 320 g/mol. The molecule has 0 spiro atoms. The van der Waals surface area contributed by atoms with Crippen LogP contribution in [0.3, 0.4) is 0 Å². The second kappa shape index (κ2) is 7.52. The SMILES string of the molecule is COc1cc(OC)cc(C2(CN)CCN(C(=O)OC(C)(C)C)CC2)c1. The van der Waals surface area contributed by atoms with Crippen molar-refractivity contribution >= 4 is 6.09 Å². The quantitative estimate of drug-likeness (QED) is 0.904. The van der Waals surface area contributed by atoms with E-state index in [0.717, 1.165) is 29.9 Å². The Balaban J connectivity index is 2.17. The van der Waals surface area contributed by atoms with Gasteiger partial charge >= 0.3 is 6.09 Å². The van der Waals surface area contributed by atoms with Gasteiger partial charge in [0.2, 0.25) is 0 Å². The van der Waals surface area contributed by atoms with Gasteiger partial charge in [0.05, 0.1) is 14.2 Å². The molecule has 0 atom stereocenters. The molecule has 140 valence electrons. The van der Waals surface area contributed by atoms with Crippen LogP contribution in [0.15, 0.2) is 18.2 Å². The molecule has 0 aromatic heterocycles. The van der Waals surface area contributed by atoms with Gasteiger partial charge in [0.25, 0.3) is 0 Å². The second-order valence-corrected chi connectivity index (χ2v) is 7.55. The van der Waals surface area contributed by atoms with Crippen molar-refractivity contribution in [3.63, 3.8) is 0 Å². The minimum absolute atomic E-state index is 0.194. The number of rotatable bonds is 4. The van der Waals surface area contributed by atoms with Gasteiger partial charge in [0.1, 0.15) is 17.1 Å². The van der Waals surface area contributed by atoms with Crippen LogP contribution in [0.4, 0.5) is 4.79 Å². The minimum Gasteiger partial charge on any atom is -0.497 e. The number of methoxy groups -OCH3 is 2. The summed E-state index contributed by atoms with van der Waals surface area (Å²) in [6.45, 7) is 7.37. The smallest absolute Gasteiger partial charge is 0.410 e. The van der Waals surface area contributed by atoms with E-state index >= 15 is 0 Å². The number of hydrogen-bond acceptors (Lipinski definition) is 5. The lowest BCUT2D eigenvalue weighted by Crippen LogP contribution is -2.49. The third kappa shape index (κ3) is 4.57. The molecule has 1 amide bonds. The lowest BCUT2D eigenvalue weighted by molar-refractivity contribution is 0.0167.